The fraction of sp³-hybridized carbons (Fsp3) is 0.562. The van der Waals surface area contributed by atoms with Gasteiger partial charge in [-0.15, -0.1) is 0 Å². The quantitative estimate of drug-likeness (QED) is 0.808. The molecule has 0 heterocycles. The lowest BCUT2D eigenvalue weighted by Gasteiger charge is -2.23. The molecular weight excluding hydrogens is 268 g/mol. The second kappa shape index (κ2) is 7.31. The Kier molecular flexibility index (Phi) is 6.03. The van der Waals surface area contributed by atoms with E-state index in [4.69, 9.17) is 15.2 Å². The predicted octanol–water partition coefficient (Wildman–Crippen LogP) is 2.23. The van der Waals surface area contributed by atoms with Gasteiger partial charge < -0.3 is 20.5 Å². The van der Waals surface area contributed by atoms with Gasteiger partial charge >= 0.3 is 0 Å². The van der Waals surface area contributed by atoms with Crippen LogP contribution in [0.2, 0.25) is 0 Å². The molecule has 0 aliphatic rings. The number of nitrogens with one attached hydrogen (secondary N) is 1. The van der Waals surface area contributed by atoms with Gasteiger partial charge in [-0.2, -0.15) is 0 Å². The smallest absolute Gasteiger partial charge is 0.258 e. The Bertz CT molecular complexity index is 481. The van der Waals surface area contributed by atoms with E-state index in [9.17, 15) is 4.79 Å². The Morgan fingerprint density at radius 2 is 2.05 bits per heavy atom. The van der Waals surface area contributed by atoms with E-state index in [-0.39, 0.29) is 5.54 Å². The fourth-order valence-corrected chi connectivity index (χ4v) is 1.77. The Labute approximate surface area is 126 Å². The normalized spacial score (nSPS) is 12.8. The van der Waals surface area contributed by atoms with Crippen LogP contribution in [0.4, 0.5) is 0 Å². The van der Waals surface area contributed by atoms with Crippen LogP contribution in [-0.4, -0.2) is 24.7 Å². The Morgan fingerprint density at radius 1 is 1.38 bits per heavy atom. The van der Waals surface area contributed by atoms with Crippen LogP contribution in [0.5, 0.6) is 11.5 Å². The number of rotatable bonds is 7. The summed E-state index contributed by atoms with van der Waals surface area (Å²) in [5.74, 6) is 0.843. The number of benzene rings is 1. The summed E-state index contributed by atoms with van der Waals surface area (Å²) in [6.45, 7) is 8.78. The summed E-state index contributed by atoms with van der Waals surface area (Å²) < 4.78 is 11.0. The third kappa shape index (κ3) is 5.63. The molecule has 118 valence electrons. The fourth-order valence-electron chi connectivity index (χ4n) is 1.77. The maximum Gasteiger partial charge on any atom is 0.258 e. The van der Waals surface area contributed by atoms with Crippen LogP contribution in [0.3, 0.4) is 0 Å². The first kappa shape index (κ1) is 17.3. The van der Waals surface area contributed by atoms with Gasteiger partial charge in [-0.1, -0.05) is 13.0 Å². The number of methoxy groups -OCH3 is 1. The van der Waals surface area contributed by atoms with E-state index in [0.29, 0.717) is 24.5 Å². The zero-order valence-electron chi connectivity index (χ0n) is 13.5. The summed E-state index contributed by atoms with van der Waals surface area (Å²) in [5, 5.41) is 3.40. The van der Waals surface area contributed by atoms with Crippen LogP contribution in [0.25, 0.3) is 0 Å². The highest BCUT2D eigenvalue weighted by atomic mass is 16.5. The number of hydrogen-bond donors (Lipinski definition) is 2. The van der Waals surface area contributed by atoms with Crippen molar-refractivity contribution in [2.24, 2.45) is 5.73 Å². The molecule has 1 rings (SSSR count). The molecule has 1 aromatic carbocycles. The van der Waals surface area contributed by atoms with Gasteiger partial charge in [-0.25, -0.2) is 0 Å². The first-order valence-electron chi connectivity index (χ1n) is 7.14. The van der Waals surface area contributed by atoms with Gasteiger partial charge in [0.1, 0.15) is 11.5 Å². The number of ether oxygens (including phenoxy) is 2. The summed E-state index contributed by atoms with van der Waals surface area (Å²) in [6.07, 6.45) is -0.107. The van der Waals surface area contributed by atoms with Crippen molar-refractivity contribution in [3.8, 4) is 11.5 Å². The monoisotopic (exact) mass is 294 g/mol. The largest absolute Gasteiger partial charge is 0.497 e. The molecule has 0 aliphatic carbocycles. The molecule has 0 radical (unpaired) electrons. The van der Waals surface area contributed by atoms with Gasteiger partial charge in [0.15, 0.2) is 6.10 Å². The van der Waals surface area contributed by atoms with Crippen molar-refractivity contribution in [1.29, 1.82) is 0 Å². The molecule has 1 aromatic rings. The van der Waals surface area contributed by atoms with Crippen LogP contribution < -0.4 is 20.5 Å². The van der Waals surface area contributed by atoms with Gasteiger partial charge in [-0.05, 0) is 33.3 Å². The Morgan fingerprint density at radius 3 is 2.52 bits per heavy atom. The lowest BCUT2D eigenvalue weighted by Crippen LogP contribution is -2.36. The zero-order chi connectivity index (χ0) is 16.0. The molecule has 0 saturated carbocycles. The molecule has 1 amide bonds. The molecule has 1 unspecified atom stereocenters. The van der Waals surface area contributed by atoms with Crippen molar-refractivity contribution in [2.45, 2.75) is 52.3 Å². The minimum absolute atomic E-state index is 0.00889. The number of nitrogens with two attached hydrogens (primary N) is 1. The van der Waals surface area contributed by atoms with Gasteiger partial charge in [0, 0.05) is 23.7 Å². The number of carbonyl (C=O) groups is 1. The molecule has 5 nitrogen and oxygen atoms in total. The van der Waals surface area contributed by atoms with E-state index in [2.05, 4.69) is 26.1 Å². The van der Waals surface area contributed by atoms with Gasteiger partial charge in [-0.3, -0.25) is 4.79 Å². The van der Waals surface area contributed by atoms with Crippen LogP contribution in [0, 0.1) is 0 Å². The highest BCUT2D eigenvalue weighted by Gasteiger charge is 2.18. The minimum atomic E-state index is -0.634. The van der Waals surface area contributed by atoms with Gasteiger partial charge in [0.25, 0.3) is 5.91 Å². The van der Waals surface area contributed by atoms with E-state index >= 15 is 0 Å². The van der Waals surface area contributed by atoms with Crippen LogP contribution in [0.1, 0.15) is 39.7 Å². The van der Waals surface area contributed by atoms with E-state index in [1.807, 2.05) is 19.1 Å². The topological polar surface area (TPSA) is 73.6 Å². The van der Waals surface area contributed by atoms with Crippen molar-refractivity contribution in [3.05, 3.63) is 23.8 Å². The molecular formula is C16H26N2O3. The number of amides is 1. The molecule has 0 aliphatic heterocycles. The Balaban J connectivity index is 2.98. The van der Waals surface area contributed by atoms with E-state index in [1.165, 1.54) is 0 Å². The zero-order valence-corrected chi connectivity index (χ0v) is 13.5. The van der Waals surface area contributed by atoms with E-state index in [1.54, 1.807) is 13.2 Å². The minimum Gasteiger partial charge on any atom is -0.497 e. The highest BCUT2D eigenvalue weighted by Crippen LogP contribution is 2.26. The molecule has 21 heavy (non-hydrogen) atoms. The molecule has 0 aromatic heterocycles. The average Bonchev–Trinajstić information content (AvgIpc) is 2.41. The maximum atomic E-state index is 11.4. The lowest BCUT2D eigenvalue weighted by molar-refractivity contribution is -0.124. The number of primary amides is 1. The first-order chi connectivity index (χ1) is 9.76. The Hall–Kier alpha value is -1.75. The van der Waals surface area contributed by atoms with Crippen molar-refractivity contribution in [2.75, 3.05) is 7.11 Å². The summed E-state index contributed by atoms with van der Waals surface area (Å²) >= 11 is 0. The molecule has 0 spiro atoms. The summed E-state index contributed by atoms with van der Waals surface area (Å²) in [7, 11) is 1.59. The van der Waals surface area contributed by atoms with Crippen molar-refractivity contribution in [1.82, 2.24) is 5.32 Å². The summed E-state index contributed by atoms with van der Waals surface area (Å²) in [6, 6.07) is 5.59. The van der Waals surface area contributed by atoms with Crippen molar-refractivity contribution < 1.29 is 14.3 Å². The molecule has 3 N–H and O–H groups in total. The van der Waals surface area contributed by atoms with Crippen LogP contribution >= 0.6 is 0 Å². The van der Waals surface area contributed by atoms with E-state index in [0.717, 1.165) is 5.56 Å². The summed E-state index contributed by atoms with van der Waals surface area (Å²) in [5.41, 5.74) is 6.30. The lowest BCUT2D eigenvalue weighted by atomic mass is 10.1. The molecule has 1 atom stereocenters. The number of hydrogen-bond acceptors (Lipinski definition) is 4. The standard InChI is InChI=1S/C16H26N2O3/c1-6-13(15(17)19)21-14-9-12(20-5)8-7-11(14)10-18-16(2,3)4/h7-9,13,18H,6,10H2,1-5H3,(H2,17,19). The molecule has 5 heteroatoms. The average molecular weight is 294 g/mol. The summed E-state index contributed by atoms with van der Waals surface area (Å²) in [4.78, 5) is 11.4. The maximum absolute atomic E-state index is 11.4. The highest BCUT2D eigenvalue weighted by molar-refractivity contribution is 5.79. The van der Waals surface area contributed by atoms with Crippen molar-refractivity contribution >= 4 is 5.91 Å². The third-order valence-electron chi connectivity index (χ3n) is 3.04. The molecule has 0 saturated heterocycles. The first-order valence-corrected chi connectivity index (χ1v) is 7.14. The second-order valence-electron chi connectivity index (χ2n) is 5.99. The van der Waals surface area contributed by atoms with Crippen LogP contribution in [0.15, 0.2) is 18.2 Å². The van der Waals surface area contributed by atoms with Gasteiger partial charge in [0.2, 0.25) is 0 Å². The SMILES string of the molecule is CCC(Oc1cc(OC)ccc1CNC(C)(C)C)C(N)=O. The number of carbonyl (C=O) groups excluding carboxylic acids is 1. The molecule has 0 fully saturated rings. The second-order valence-corrected chi connectivity index (χ2v) is 5.99. The molecule has 0 bridgehead atoms. The van der Waals surface area contributed by atoms with Gasteiger partial charge in [0.05, 0.1) is 7.11 Å². The van der Waals surface area contributed by atoms with Crippen LogP contribution in [-0.2, 0) is 11.3 Å². The predicted molar refractivity (Wildman–Crippen MR) is 83.5 cm³/mol. The van der Waals surface area contributed by atoms with Crippen molar-refractivity contribution in [3.63, 3.8) is 0 Å². The van der Waals surface area contributed by atoms with E-state index < -0.39 is 12.0 Å². The third-order valence-corrected chi connectivity index (χ3v) is 3.04.